The molecule has 2 aliphatic rings. The lowest BCUT2D eigenvalue weighted by molar-refractivity contribution is -0.180. The van der Waals surface area contributed by atoms with Gasteiger partial charge in [-0.2, -0.15) is 5.10 Å². The summed E-state index contributed by atoms with van der Waals surface area (Å²) in [5.41, 5.74) is 6.73. The zero-order valence-electron chi connectivity index (χ0n) is 16.8. The lowest BCUT2D eigenvalue weighted by Gasteiger charge is -2.59. The Hall–Kier alpha value is -0.820. The molecule has 8 heteroatoms. The number of ether oxygens (including phenoxy) is 1. The van der Waals surface area contributed by atoms with Crippen molar-refractivity contribution in [2.24, 2.45) is 11.1 Å². The second-order valence-corrected chi connectivity index (χ2v) is 8.04. The Morgan fingerprint density at radius 1 is 1.30 bits per heavy atom. The number of likely N-dealkylation sites (tertiary alicyclic amines) is 1. The summed E-state index contributed by atoms with van der Waals surface area (Å²) in [7, 11) is 0. The van der Waals surface area contributed by atoms with Crippen LogP contribution < -0.4 is 5.73 Å². The van der Waals surface area contributed by atoms with Crippen LogP contribution in [-0.2, 0) is 16.1 Å². The number of hydrogen-bond donors (Lipinski definition) is 1. The molecule has 2 atom stereocenters. The van der Waals surface area contributed by atoms with E-state index in [-0.39, 0.29) is 42.2 Å². The summed E-state index contributed by atoms with van der Waals surface area (Å²) in [5, 5.41) is 4.37. The van der Waals surface area contributed by atoms with E-state index >= 15 is 0 Å². The van der Waals surface area contributed by atoms with Gasteiger partial charge in [0.05, 0.1) is 12.3 Å². The molecule has 1 aromatic rings. The topological polar surface area (TPSA) is 73.4 Å². The first kappa shape index (κ1) is 24.2. The van der Waals surface area contributed by atoms with E-state index in [0.29, 0.717) is 18.9 Å². The fourth-order valence-electron chi connectivity index (χ4n) is 4.26. The molecule has 6 nitrogen and oxygen atoms in total. The van der Waals surface area contributed by atoms with Gasteiger partial charge in [-0.05, 0) is 38.2 Å². The van der Waals surface area contributed by atoms with Crippen molar-refractivity contribution >= 4 is 30.7 Å². The normalized spacial score (nSPS) is 27.3. The molecule has 2 unspecified atom stereocenters. The number of rotatable bonds is 5. The second-order valence-electron chi connectivity index (χ2n) is 8.04. The number of amides is 1. The van der Waals surface area contributed by atoms with Crippen molar-refractivity contribution in [1.82, 2.24) is 14.7 Å². The predicted molar refractivity (Wildman–Crippen MR) is 112 cm³/mol. The molecule has 156 valence electrons. The van der Waals surface area contributed by atoms with Crippen molar-refractivity contribution in [3.63, 3.8) is 0 Å². The Bertz CT molecular complexity index is 629. The number of nitrogens with zero attached hydrogens (tertiary/aromatic N) is 3. The first-order valence-electron chi connectivity index (χ1n) is 9.55. The van der Waals surface area contributed by atoms with Crippen molar-refractivity contribution in [2.75, 3.05) is 19.7 Å². The summed E-state index contributed by atoms with van der Waals surface area (Å²) in [6.45, 7) is 11.3. The number of carbonyl (C=O) groups excluding carboxylic acids is 1. The van der Waals surface area contributed by atoms with Crippen LogP contribution in [-0.4, -0.2) is 51.9 Å². The molecule has 1 aliphatic carbocycles. The number of piperidine rings is 1. The maximum Gasteiger partial charge on any atom is 0.243 e. The first-order valence-corrected chi connectivity index (χ1v) is 9.55. The Labute approximate surface area is 175 Å². The van der Waals surface area contributed by atoms with E-state index in [9.17, 15) is 4.79 Å². The van der Waals surface area contributed by atoms with Crippen LogP contribution in [0, 0.1) is 5.41 Å². The van der Waals surface area contributed by atoms with Gasteiger partial charge in [0.15, 0.2) is 0 Å². The van der Waals surface area contributed by atoms with E-state index in [1.807, 2.05) is 22.7 Å². The fraction of sp³-hybridized carbons (Fsp3) is 0.789. The fourth-order valence-corrected chi connectivity index (χ4v) is 4.26. The van der Waals surface area contributed by atoms with Crippen LogP contribution in [0.25, 0.3) is 0 Å². The van der Waals surface area contributed by atoms with Crippen molar-refractivity contribution in [3.8, 4) is 0 Å². The number of aryl methyl sites for hydroxylation is 1. The second kappa shape index (κ2) is 9.12. The van der Waals surface area contributed by atoms with Gasteiger partial charge in [0.25, 0.3) is 0 Å². The molecule has 1 amide bonds. The van der Waals surface area contributed by atoms with Crippen molar-refractivity contribution in [3.05, 3.63) is 18.0 Å². The standard InChI is InChI=1S/C19H32N4O2.2ClH/c1-5-23-13-15(12-21-23)14-7-9-22(10-8-14)17(24)19(20)11-16(25-6-2)18(19,3)4;;/h12-14,16H,5-11,20H2,1-4H3;2*1H. The summed E-state index contributed by atoms with van der Waals surface area (Å²) in [6, 6.07) is 0. The summed E-state index contributed by atoms with van der Waals surface area (Å²) in [4.78, 5) is 15.1. The summed E-state index contributed by atoms with van der Waals surface area (Å²) >= 11 is 0. The van der Waals surface area contributed by atoms with Crippen LogP contribution in [0.2, 0.25) is 0 Å². The molecule has 0 spiro atoms. The molecule has 2 heterocycles. The lowest BCUT2D eigenvalue weighted by atomic mass is 9.54. The quantitative estimate of drug-likeness (QED) is 0.794. The van der Waals surface area contributed by atoms with Crippen molar-refractivity contribution < 1.29 is 9.53 Å². The van der Waals surface area contributed by atoms with Gasteiger partial charge in [-0.15, -0.1) is 24.8 Å². The van der Waals surface area contributed by atoms with Gasteiger partial charge >= 0.3 is 0 Å². The van der Waals surface area contributed by atoms with Gasteiger partial charge in [0.1, 0.15) is 5.54 Å². The first-order chi connectivity index (χ1) is 11.8. The highest BCUT2D eigenvalue weighted by atomic mass is 35.5. The Kier molecular flexibility index (Phi) is 8.18. The molecular weight excluding hydrogens is 387 g/mol. The molecule has 0 bridgehead atoms. The zero-order valence-corrected chi connectivity index (χ0v) is 18.4. The minimum atomic E-state index is -0.799. The molecule has 0 aromatic carbocycles. The van der Waals surface area contributed by atoms with E-state index < -0.39 is 5.54 Å². The molecule has 1 aliphatic heterocycles. The molecule has 2 fully saturated rings. The average Bonchev–Trinajstić information content (AvgIpc) is 3.10. The third-order valence-electron chi connectivity index (χ3n) is 6.44. The van der Waals surface area contributed by atoms with Gasteiger partial charge in [-0.3, -0.25) is 9.48 Å². The highest BCUT2D eigenvalue weighted by Gasteiger charge is 2.63. The molecule has 0 radical (unpaired) electrons. The number of aromatic nitrogens is 2. The monoisotopic (exact) mass is 420 g/mol. The zero-order chi connectivity index (χ0) is 18.2. The van der Waals surface area contributed by atoms with E-state index in [1.54, 1.807) is 0 Å². The minimum absolute atomic E-state index is 0. The molecule has 3 rings (SSSR count). The summed E-state index contributed by atoms with van der Waals surface area (Å²) in [5.74, 6) is 0.583. The molecule has 2 N–H and O–H groups in total. The largest absolute Gasteiger partial charge is 0.378 e. The number of halogens is 2. The van der Waals surface area contributed by atoms with Gasteiger partial charge < -0.3 is 15.4 Å². The van der Waals surface area contributed by atoms with Gasteiger partial charge in [0, 0.05) is 44.3 Å². The third-order valence-corrected chi connectivity index (χ3v) is 6.44. The third kappa shape index (κ3) is 4.14. The van der Waals surface area contributed by atoms with E-state index in [2.05, 4.69) is 32.1 Å². The molecule has 1 saturated carbocycles. The molecule has 27 heavy (non-hydrogen) atoms. The number of carbonyl (C=O) groups is 1. The van der Waals surface area contributed by atoms with E-state index in [4.69, 9.17) is 10.5 Å². The van der Waals surface area contributed by atoms with E-state index in [1.165, 1.54) is 5.56 Å². The van der Waals surface area contributed by atoms with Crippen LogP contribution in [0.4, 0.5) is 0 Å². The highest BCUT2D eigenvalue weighted by molar-refractivity contribution is 5.89. The molecular formula is C19H34Cl2N4O2. The van der Waals surface area contributed by atoms with Crippen LogP contribution in [0.5, 0.6) is 0 Å². The summed E-state index contributed by atoms with van der Waals surface area (Å²) in [6.07, 6.45) is 6.75. The smallest absolute Gasteiger partial charge is 0.243 e. The lowest BCUT2D eigenvalue weighted by Crippen LogP contribution is -2.76. The average molecular weight is 421 g/mol. The van der Waals surface area contributed by atoms with Gasteiger partial charge in [-0.25, -0.2) is 0 Å². The molecule has 1 saturated heterocycles. The Morgan fingerprint density at radius 2 is 1.93 bits per heavy atom. The van der Waals surface area contributed by atoms with Gasteiger partial charge in [0.2, 0.25) is 5.91 Å². The number of hydrogen-bond acceptors (Lipinski definition) is 4. The Morgan fingerprint density at radius 3 is 2.41 bits per heavy atom. The van der Waals surface area contributed by atoms with Crippen LogP contribution in [0.1, 0.15) is 58.4 Å². The van der Waals surface area contributed by atoms with Crippen molar-refractivity contribution in [1.29, 1.82) is 0 Å². The van der Waals surface area contributed by atoms with Crippen molar-refractivity contribution in [2.45, 2.75) is 71.1 Å². The number of nitrogens with two attached hydrogens (primary N) is 1. The van der Waals surface area contributed by atoms with Crippen LogP contribution >= 0.6 is 24.8 Å². The minimum Gasteiger partial charge on any atom is -0.378 e. The molecule has 1 aromatic heterocycles. The van der Waals surface area contributed by atoms with Crippen LogP contribution in [0.15, 0.2) is 12.4 Å². The van der Waals surface area contributed by atoms with Gasteiger partial charge in [-0.1, -0.05) is 13.8 Å². The summed E-state index contributed by atoms with van der Waals surface area (Å²) < 4.78 is 7.72. The van der Waals surface area contributed by atoms with E-state index in [0.717, 1.165) is 32.5 Å². The predicted octanol–water partition coefficient (Wildman–Crippen LogP) is 2.99. The highest BCUT2D eigenvalue weighted by Crippen LogP contribution is 2.51. The SMILES string of the molecule is CCOC1CC(N)(C(=O)N2CCC(c3cnn(CC)c3)CC2)C1(C)C.Cl.Cl. The Balaban J connectivity index is 0.00000182. The van der Waals surface area contributed by atoms with Crippen LogP contribution in [0.3, 0.4) is 0 Å². The maximum absolute atomic E-state index is 13.1. The maximum atomic E-state index is 13.1.